The van der Waals surface area contributed by atoms with Crippen molar-refractivity contribution in [3.8, 4) is 0 Å². The smallest absolute Gasteiger partial charge is 0.256 e. The van der Waals surface area contributed by atoms with E-state index in [1.54, 1.807) is 0 Å². The molecule has 0 spiro atoms. The lowest BCUT2D eigenvalue weighted by Gasteiger charge is -2.40. The lowest BCUT2D eigenvalue weighted by atomic mass is 9.75. The Morgan fingerprint density at radius 2 is 1.15 bits per heavy atom. The average molecular weight is 617 g/mol. The normalized spacial score (nSPS) is 31.3. The van der Waals surface area contributed by atoms with Crippen LogP contribution in [0.1, 0.15) is 74.8 Å². The van der Waals surface area contributed by atoms with E-state index in [2.05, 4.69) is 15.3 Å². The summed E-state index contributed by atoms with van der Waals surface area (Å²) < 4.78 is 162. The molecule has 224 valence electrons. The van der Waals surface area contributed by atoms with Crippen LogP contribution in [0.5, 0.6) is 0 Å². The van der Waals surface area contributed by atoms with Crippen LogP contribution >= 0.6 is 0 Å². The van der Waals surface area contributed by atoms with Crippen LogP contribution in [0.3, 0.4) is 0 Å². The summed E-state index contributed by atoms with van der Waals surface area (Å²) in [7, 11) is -13.0. The minimum absolute atomic E-state index is 0.0802. The van der Waals surface area contributed by atoms with Crippen LogP contribution < -0.4 is 0 Å². The maximum atomic E-state index is 14.8. The second-order valence-corrected chi connectivity index (χ2v) is 13.0. The molecule has 0 heterocycles. The monoisotopic (exact) mass is 616 g/mol. The highest BCUT2D eigenvalue weighted by Gasteiger charge is 2.58. The van der Waals surface area contributed by atoms with E-state index < -0.39 is 68.1 Å². The van der Waals surface area contributed by atoms with E-state index in [9.17, 15) is 52.0 Å². The third kappa shape index (κ3) is 7.22. The van der Waals surface area contributed by atoms with Crippen LogP contribution in [-0.4, -0.2) is 52.4 Å². The first-order valence-electron chi connectivity index (χ1n) is 12.2. The van der Waals surface area contributed by atoms with Crippen molar-refractivity contribution >= 4 is 20.2 Å². The molecule has 0 radical (unpaired) electrons. The molecule has 1 unspecified atom stereocenters. The summed E-state index contributed by atoms with van der Waals surface area (Å²) >= 11 is 0. The number of hydrogen-bond acceptors (Lipinski definition) is 6. The molecule has 2 aliphatic rings. The zero-order valence-electron chi connectivity index (χ0n) is 20.6. The van der Waals surface area contributed by atoms with Gasteiger partial charge in [-0.2, -0.15) is 43.2 Å². The second-order valence-electron chi connectivity index (χ2n) is 9.89. The van der Waals surface area contributed by atoms with Gasteiger partial charge in [0.25, 0.3) is 0 Å². The Hall–Kier alpha value is -1.52. The van der Waals surface area contributed by atoms with Gasteiger partial charge >= 0.3 is 31.3 Å². The molecule has 0 aromatic heterocycles. The molecule has 2 aliphatic carbocycles. The van der Waals surface area contributed by atoms with Gasteiger partial charge in [0.1, 0.15) is 24.6 Å². The summed E-state index contributed by atoms with van der Waals surface area (Å²) in [6.07, 6.45) is -6.79. The fraction of sp³-hybridized carbons (Fsp3) is 0.739. The molecule has 3 rings (SSSR count). The molecule has 0 N–H and O–H groups in total. The van der Waals surface area contributed by atoms with Crippen molar-refractivity contribution in [2.24, 2.45) is 5.92 Å². The summed E-state index contributed by atoms with van der Waals surface area (Å²) in [5.41, 5.74) is -11.7. The third-order valence-electron chi connectivity index (χ3n) is 7.25. The van der Waals surface area contributed by atoms with Crippen molar-refractivity contribution in [2.75, 3.05) is 0 Å². The Kier molecular flexibility index (Phi) is 9.65. The predicted molar refractivity (Wildman–Crippen MR) is 123 cm³/mol. The van der Waals surface area contributed by atoms with Gasteiger partial charge in [-0.1, -0.05) is 44.0 Å². The van der Waals surface area contributed by atoms with Gasteiger partial charge < -0.3 is 0 Å². The van der Waals surface area contributed by atoms with Crippen molar-refractivity contribution in [1.82, 2.24) is 0 Å². The van der Waals surface area contributed by atoms with E-state index in [0.717, 1.165) is 56.2 Å². The standard InChI is InChI=1S/C23H28F8O6S2/c1-2-3-13-4-6-14(7-5-13)15-8-10-16(11-9-15)19-20(36-38(32,33)22(26,27)28)17(24)12-18(25)21(19)37-39(34,35)23(29,30)31/h8-11,13-14,17-21H,2-7,12H2,1H3/t13?,14?,17-,18+,19?,20+,21-. The summed E-state index contributed by atoms with van der Waals surface area (Å²) in [5.74, 6) is -1.65. The molecule has 6 nitrogen and oxygen atoms in total. The first kappa shape index (κ1) is 32.0. The van der Waals surface area contributed by atoms with Crippen LogP contribution in [0.4, 0.5) is 35.1 Å². The van der Waals surface area contributed by atoms with Crippen molar-refractivity contribution < 1.29 is 60.3 Å². The van der Waals surface area contributed by atoms with Gasteiger partial charge in [-0.15, -0.1) is 0 Å². The number of benzene rings is 1. The highest BCUT2D eigenvalue weighted by Crippen LogP contribution is 2.45. The van der Waals surface area contributed by atoms with Gasteiger partial charge in [0.15, 0.2) is 0 Å². The number of alkyl halides is 8. The maximum absolute atomic E-state index is 14.8. The van der Waals surface area contributed by atoms with E-state index in [-0.39, 0.29) is 11.5 Å². The molecule has 1 aromatic carbocycles. The van der Waals surface area contributed by atoms with E-state index >= 15 is 0 Å². The molecule has 1 aromatic rings. The summed E-state index contributed by atoms with van der Waals surface area (Å²) in [6, 6.07) is 5.21. The fourth-order valence-electron chi connectivity index (χ4n) is 5.32. The molecule has 39 heavy (non-hydrogen) atoms. The zero-order chi connectivity index (χ0) is 29.4. The Labute approximate surface area is 221 Å². The van der Waals surface area contributed by atoms with Gasteiger partial charge in [0.2, 0.25) is 0 Å². The van der Waals surface area contributed by atoms with Gasteiger partial charge in [-0.3, -0.25) is 8.37 Å². The van der Waals surface area contributed by atoms with Gasteiger partial charge in [-0.25, -0.2) is 8.78 Å². The fourth-order valence-corrected chi connectivity index (χ4v) is 6.61. The molecule has 0 bridgehead atoms. The number of halogens is 8. The van der Waals surface area contributed by atoms with E-state index in [4.69, 9.17) is 0 Å². The molecule has 5 atom stereocenters. The lowest BCUT2D eigenvalue weighted by molar-refractivity contribution is -0.0907. The number of rotatable bonds is 8. The summed E-state index contributed by atoms with van der Waals surface area (Å²) in [4.78, 5) is 0. The van der Waals surface area contributed by atoms with Crippen LogP contribution in [-0.2, 0) is 28.6 Å². The molecule has 0 aliphatic heterocycles. The van der Waals surface area contributed by atoms with E-state index in [1.165, 1.54) is 12.1 Å². The Morgan fingerprint density at radius 3 is 1.54 bits per heavy atom. The number of hydrogen-bond donors (Lipinski definition) is 0. The Bertz CT molecular complexity index is 1120. The molecule has 0 amide bonds. The third-order valence-corrected chi connectivity index (χ3v) is 9.34. The molecule has 16 heteroatoms. The van der Waals surface area contributed by atoms with Crippen LogP contribution in [0, 0.1) is 5.92 Å². The van der Waals surface area contributed by atoms with Crippen LogP contribution in [0.2, 0.25) is 0 Å². The predicted octanol–water partition coefficient (Wildman–Crippen LogP) is 6.39. The Balaban J connectivity index is 1.99. The quantitative estimate of drug-likeness (QED) is 0.191. The first-order valence-corrected chi connectivity index (χ1v) is 15.1. The lowest BCUT2D eigenvalue weighted by Crippen LogP contribution is -2.53. The average Bonchev–Trinajstić information content (AvgIpc) is 2.81. The van der Waals surface area contributed by atoms with Crippen LogP contribution in [0.15, 0.2) is 24.3 Å². The van der Waals surface area contributed by atoms with Crippen molar-refractivity contribution in [3.63, 3.8) is 0 Å². The minimum Gasteiger partial charge on any atom is -0.256 e. The molecule has 2 saturated carbocycles. The van der Waals surface area contributed by atoms with Crippen LogP contribution in [0.25, 0.3) is 0 Å². The molecular weight excluding hydrogens is 588 g/mol. The molecular formula is C23H28F8O6S2. The minimum atomic E-state index is -6.51. The maximum Gasteiger partial charge on any atom is 0.523 e. The molecule has 0 saturated heterocycles. The molecule has 2 fully saturated rings. The summed E-state index contributed by atoms with van der Waals surface area (Å²) in [5, 5.41) is 0. The highest BCUT2D eigenvalue weighted by atomic mass is 32.2. The SMILES string of the molecule is CCCC1CCC(c2ccc(C3[C@@H](OS(=O)(=O)C(F)(F)F)[C@H](F)C[C@H](F)[C@H]3OS(=O)(=O)C(F)(F)F)cc2)CC1. The highest BCUT2D eigenvalue weighted by molar-refractivity contribution is 7.87. The summed E-state index contributed by atoms with van der Waals surface area (Å²) in [6.45, 7) is 2.08. The van der Waals surface area contributed by atoms with Crippen molar-refractivity contribution in [2.45, 2.75) is 99.3 Å². The van der Waals surface area contributed by atoms with Crippen molar-refractivity contribution in [1.29, 1.82) is 0 Å². The van der Waals surface area contributed by atoms with Gasteiger partial charge in [-0.05, 0) is 48.6 Å². The Morgan fingerprint density at radius 1 is 0.744 bits per heavy atom. The van der Waals surface area contributed by atoms with Gasteiger partial charge in [0, 0.05) is 12.3 Å². The van der Waals surface area contributed by atoms with E-state index in [0.29, 0.717) is 5.92 Å². The first-order chi connectivity index (χ1) is 17.9. The zero-order valence-corrected chi connectivity index (χ0v) is 22.2. The van der Waals surface area contributed by atoms with E-state index in [1.807, 2.05) is 0 Å². The largest absolute Gasteiger partial charge is 0.523 e. The topological polar surface area (TPSA) is 86.7 Å². The van der Waals surface area contributed by atoms with Gasteiger partial charge in [0.05, 0.1) is 0 Å². The van der Waals surface area contributed by atoms with Crippen molar-refractivity contribution in [3.05, 3.63) is 35.4 Å². The second kappa shape index (κ2) is 11.8.